The lowest BCUT2D eigenvalue weighted by molar-refractivity contribution is -0.160. The summed E-state index contributed by atoms with van der Waals surface area (Å²) in [5.41, 5.74) is 0. The Kier molecular flexibility index (Phi) is 4.06. The minimum absolute atomic E-state index is 0.00761. The first kappa shape index (κ1) is 14.6. The lowest BCUT2D eigenvalue weighted by atomic mass is 10.1. The fourth-order valence-corrected chi connectivity index (χ4v) is 2.91. The number of hydrogen-bond acceptors (Lipinski definition) is 3. The Bertz CT molecular complexity index is 338. The van der Waals surface area contributed by atoms with Crippen LogP contribution in [0.25, 0.3) is 0 Å². The highest BCUT2D eigenvalue weighted by Gasteiger charge is 2.42. The number of alkyl halides is 3. The number of amides is 1. The van der Waals surface area contributed by atoms with E-state index in [1.165, 1.54) is 0 Å². The van der Waals surface area contributed by atoms with Crippen molar-refractivity contribution < 1.29 is 22.7 Å². The molecule has 0 spiro atoms. The zero-order valence-corrected chi connectivity index (χ0v) is 11.1. The van der Waals surface area contributed by atoms with Gasteiger partial charge in [-0.3, -0.25) is 9.69 Å². The number of nitrogens with zero attached hydrogens (tertiary/aromatic N) is 2. The highest BCUT2D eigenvalue weighted by Crippen LogP contribution is 2.25. The highest BCUT2D eigenvalue weighted by molar-refractivity contribution is 5.84. The maximum Gasteiger partial charge on any atom is 0.406 e. The van der Waals surface area contributed by atoms with E-state index in [-0.39, 0.29) is 18.8 Å². The molecule has 7 heteroatoms. The van der Waals surface area contributed by atoms with Gasteiger partial charge in [-0.15, -0.1) is 0 Å². The zero-order chi connectivity index (χ0) is 14.2. The molecule has 2 fully saturated rings. The molecular formula is C12H19F3N2O2. The summed E-state index contributed by atoms with van der Waals surface area (Å²) < 4.78 is 42.6. The number of carbonyl (C=O) groups is 1. The van der Waals surface area contributed by atoms with E-state index in [2.05, 4.69) is 0 Å². The fourth-order valence-electron chi connectivity index (χ4n) is 2.91. The smallest absolute Gasteiger partial charge is 0.373 e. The topological polar surface area (TPSA) is 32.8 Å². The molecule has 110 valence electrons. The number of rotatable bonds is 2. The van der Waals surface area contributed by atoms with Crippen LogP contribution in [-0.4, -0.2) is 66.3 Å². The average Bonchev–Trinajstić information content (AvgIpc) is 2.56. The van der Waals surface area contributed by atoms with E-state index in [4.69, 9.17) is 4.74 Å². The number of hydrogen-bond donors (Lipinski definition) is 0. The van der Waals surface area contributed by atoms with Gasteiger partial charge in [0.1, 0.15) is 6.54 Å². The van der Waals surface area contributed by atoms with Crippen LogP contribution in [0.4, 0.5) is 13.2 Å². The molecule has 3 unspecified atom stereocenters. The molecule has 0 aromatic heterocycles. The molecule has 2 aliphatic heterocycles. The lowest BCUT2D eigenvalue weighted by Gasteiger charge is -2.38. The summed E-state index contributed by atoms with van der Waals surface area (Å²) in [6, 6.07) is -0.420. The molecular weight excluding hydrogens is 261 g/mol. The molecule has 2 aliphatic rings. The fraction of sp³-hybridized carbons (Fsp3) is 0.917. The van der Waals surface area contributed by atoms with Crippen LogP contribution in [0.5, 0.6) is 0 Å². The maximum atomic E-state index is 12.3. The molecule has 0 N–H and O–H groups in total. The van der Waals surface area contributed by atoms with Crippen LogP contribution < -0.4 is 0 Å². The summed E-state index contributed by atoms with van der Waals surface area (Å²) in [7, 11) is 0. The molecule has 0 bridgehead atoms. The predicted molar refractivity (Wildman–Crippen MR) is 62.6 cm³/mol. The van der Waals surface area contributed by atoms with Crippen LogP contribution in [0.1, 0.15) is 20.3 Å². The largest absolute Gasteiger partial charge is 0.406 e. The quantitative estimate of drug-likeness (QED) is 0.763. The Morgan fingerprint density at radius 3 is 2.37 bits per heavy atom. The standard InChI is InChI=1S/C12H19F3N2O2/c1-8-5-17(6-9(2)19-8)10-3-4-16(11(10)18)7-12(13,14)15/h8-10H,3-7H2,1-2H3. The van der Waals surface area contributed by atoms with Crippen LogP contribution in [0.3, 0.4) is 0 Å². The molecule has 0 radical (unpaired) electrons. The minimum Gasteiger partial charge on any atom is -0.373 e. The zero-order valence-electron chi connectivity index (χ0n) is 11.1. The Hall–Kier alpha value is -0.820. The summed E-state index contributed by atoms with van der Waals surface area (Å²) in [4.78, 5) is 14.9. The molecule has 2 rings (SSSR count). The SMILES string of the molecule is CC1CN(C2CCN(CC(F)(F)F)C2=O)CC(C)O1. The molecule has 0 saturated carbocycles. The second-order valence-electron chi connectivity index (χ2n) is 5.39. The summed E-state index contributed by atoms with van der Waals surface area (Å²) in [6.45, 7) is 4.06. The predicted octanol–water partition coefficient (Wildman–Crippen LogP) is 1.26. The first-order chi connectivity index (χ1) is 8.76. The third-order valence-corrected chi connectivity index (χ3v) is 3.53. The third kappa shape index (κ3) is 3.60. The van der Waals surface area contributed by atoms with E-state index in [0.29, 0.717) is 19.5 Å². The van der Waals surface area contributed by atoms with Gasteiger partial charge in [0.2, 0.25) is 5.91 Å². The van der Waals surface area contributed by atoms with E-state index in [0.717, 1.165) is 4.90 Å². The number of likely N-dealkylation sites (tertiary alicyclic amines) is 1. The van der Waals surface area contributed by atoms with Crippen molar-refractivity contribution in [3.63, 3.8) is 0 Å². The van der Waals surface area contributed by atoms with Gasteiger partial charge in [-0.1, -0.05) is 0 Å². The highest BCUT2D eigenvalue weighted by atomic mass is 19.4. The van der Waals surface area contributed by atoms with E-state index in [1.54, 1.807) is 0 Å². The number of halogens is 3. The molecule has 3 atom stereocenters. The molecule has 2 heterocycles. The molecule has 1 amide bonds. The van der Waals surface area contributed by atoms with Gasteiger partial charge in [-0.05, 0) is 20.3 Å². The van der Waals surface area contributed by atoms with Crippen molar-refractivity contribution in [1.29, 1.82) is 0 Å². The summed E-state index contributed by atoms with van der Waals surface area (Å²) in [5, 5.41) is 0. The third-order valence-electron chi connectivity index (χ3n) is 3.53. The summed E-state index contributed by atoms with van der Waals surface area (Å²) >= 11 is 0. The van der Waals surface area contributed by atoms with Crippen molar-refractivity contribution in [3.8, 4) is 0 Å². The molecule has 0 aliphatic carbocycles. The summed E-state index contributed by atoms with van der Waals surface area (Å²) in [6.07, 6.45) is -3.84. The van der Waals surface area contributed by atoms with Crippen molar-refractivity contribution in [1.82, 2.24) is 9.80 Å². The van der Waals surface area contributed by atoms with Crippen LogP contribution in [-0.2, 0) is 9.53 Å². The van der Waals surface area contributed by atoms with Gasteiger partial charge in [-0.2, -0.15) is 13.2 Å². The molecule has 0 aromatic carbocycles. The Morgan fingerprint density at radius 2 is 1.84 bits per heavy atom. The Balaban J connectivity index is 1.97. The number of carbonyl (C=O) groups excluding carboxylic acids is 1. The van der Waals surface area contributed by atoms with Crippen molar-refractivity contribution in [3.05, 3.63) is 0 Å². The van der Waals surface area contributed by atoms with Crippen molar-refractivity contribution in [2.75, 3.05) is 26.2 Å². The van der Waals surface area contributed by atoms with Crippen molar-refractivity contribution in [2.24, 2.45) is 0 Å². The Morgan fingerprint density at radius 1 is 1.26 bits per heavy atom. The van der Waals surface area contributed by atoms with Gasteiger partial charge in [-0.25, -0.2) is 0 Å². The monoisotopic (exact) mass is 280 g/mol. The normalized spacial score (nSPS) is 34.1. The van der Waals surface area contributed by atoms with E-state index in [1.807, 2.05) is 18.7 Å². The van der Waals surface area contributed by atoms with Gasteiger partial charge in [0.05, 0.1) is 18.2 Å². The molecule has 4 nitrogen and oxygen atoms in total. The van der Waals surface area contributed by atoms with Crippen LogP contribution in [0, 0.1) is 0 Å². The molecule has 19 heavy (non-hydrogen) atoms. The Labute approximate surface area is 110 Å². The first-order valence-corrected chi connectivity index (χ1v) is 6.51. The van der Waals surface area contributed by atoms with E-state index < -0.39 is 24.7 Å². The van der Waals surface area contributed by atoms with Gasteiger partial charge >= 0.3 is 6.18 Å². The van der Waals surface area contributed by atoms with Crippen LogP contribution in [0.15, 0.2) is 0 Å². The average molecular weight is 280 g/mol. The van der Waals surface area contributed by atoms with Crippen LogP contribution >= 0.6 is 0 Å². The lowest BCUT2D eigenvalue weighted by Crippen LogP contribution is -2.52. The molecule has 0 aromatic rings. The van der Waals surface area contributed by atoms with Crippen molar-refractivity contribution in [2.45, 2.75) is 44.7 Å². The van der Waals surface area contributed by atoms with Crippen LogP contribution in [0.2, 0.25) is 0 Å². The van der Waals surface area contributed by atoms with Gasteiger partial charge in [0, 0.05) is 19.6 Å². The van der Waals surface area contributed by atoms with Gasteiger partial charge in [0.15, 0.2) is 0 Å². The maximum absolute atomic E-state index is 12.3. The molecule has 2 saturated heterocycles. The second kappa shape index (κ2) is 5.28. The van der Waals surface area contributed by atoms with Crippen molar-refractivity contribution >= 4 is 5.91 Å². The number of ether oxygens (including phenoxy) is 1. The minimum atomic E-state index is -4.32. The van der Waals surface area contributed by atoms with E-state index in [9.17, 15) is 18.0 Å². The second-order valence-corrected chi connectivity index (χ2v) is 5.39. The summed E-state index contributed by atoms with van der Waals surface area (Å²) in [5.74, 6) is -0.404. The van der Waals surface area contributed by atoms with E-state index >= 15 is 0 Å². The van der Waals surface area contributed by atoms with Gasteiger partial charge < -0.3 is 9.64 Å². The van der Waals surface area contributed by atoms with Gasteiger partial charge in [0.25, 0.3) is 0 Å². The first-order valence-electron chi connectivity index (χ1n) is 6.51. The number of morpholine rings is 1.